The summed E-state index contributed by atoms with van der Waals surface area (Å²) in [5.41, 5.74) is 0. The monoisotopic (exact) mass is 220 g/mol. The lowest BCUT2D eigenvalue weighted by molar-refractivity contribution is -0.129. The standard InChI is InChI=1S/C12H16O2Si/c1-10(15(2,3)4)12(13)14-11-8-6-5-7-9-11/h5-9H,1H2,2-4H3. The van der Waals surface area contributed by atoms with Crippen molar-refractivity contribution in [2.24, 2.45) is 0 Å². The Hall–Kier alpha value is -1.35. The highest BCUT2D eigenvalue weighted by Crippen LogP contribution is 2.16. The topological polar surface area (TPSA) is 26.3 Å². The van der Waals surface area contributed by atoms with Crippen LogP contribution >= 0.6 is 0 Å². The maximum atomic E-state index is 11.7. The van der Waals surface area contributed by atoms with Gasteiger partial charge in [0.2, 0.25) is 0 Å². The quantitative estimate of drug-likeness (QED) is 0.339. The Morgan fingerprint density at radius 1 is 1.20 bits per heavy atom. The molecule has 0 N–H and O–H groups in total. The van der Waals surface area contributed by atoms with E-state index in [-0.39, 0.29) is 5.97 Å². The zero-order valence-corrected chi connectivity index (χ0v) is 10.4. The Kier molecular flexibility index (Phi) is 3.47. The molecular weight excluding hydrogens is 204 g/mol. The first-order valence-corrected chi connectivity index (χ1v) is 8.38. The molecule has 0 heterocycles. The summed E-state index contributed by atoms with van der Waals surface area (Å²) in [5.74, 6) is 0.266. The summed E-state index contributed by atoms with van der Waals surface area (Å²) in [7, 11) is -1.65. The molecule has 0 atom stereocenters. The van der Waals surface area contributed by atoms with E-state index in [4.69, 9.17) is 4.74 Å². The molecule has 0 radical (unpaired) electrons. The van der Waals surface area contributed by atoms with E-state index in [1.807, 2.05) is 18.2 Å². The largest absolute Gasteiger partial charge is 0.423 e. The van der Waals surface area contributed by atoms with Crippen molar-refractivity contribution in [3.8, 4) is 5.75 Å². The van der Waals surface area contributed by atoms with Crippen molar-refractivity contribution in [3.05, 3.63) is 42.1 Å². The molecular formula is C12H16O2Si. The molecule has 0 amide bonds. The molecule has 0 bridgehead atoms. The van der Waals surface area contributed by atoms with Gasteiger partial charge in [0, 0.05) is 5.20 Å². The molecule has 0 unspecified atom stereocenters. The minimum atomic E-state index is -1.65. The van der Waals surface area contributed by atoms with E-state index in [2.05, 4.69) is 26.2 Å². The molecule has 1 aromatic carbocycles. The number of hydrogen-bond donors (Lipinski definition) is 0. The van der Waals surface area contributed by atoms with Crippen LogP contribution in [0.25, 0.3) is 0 Å². The maximum Gasteiger partial charge on any atom is 0.334 e. The summed E-state index contributed by atoms with van der Waals surface area (Å²) >= 11 is 0. The molecule has 3 heteroatoms. The molecule has 0 aliphatic rings. The second kappa shape index (κ2) is 4.44. The highest BCUT2D eigenvalue weighted by Gasteiger charge is 2.25. The average molecular weight is 220 g/mol. The molecule has 1 rings (SSSR count). The second-order valence-corrected chi connectivity index (χ2v) is 9.53. The predicted octanol–water partition coefficient (Wildman–Crippen LogP) is 3.03. The van der Waals surface area contributed by atoms with Crippen LogP contribution in [0.15, 0.2) is 42.1 Å². The first kappa shape index (κ1) is 11.7. The highest BCUT2D eigenvalue weighted by atomic mass is 28.3. The molecule has 0 fully saturated rings. The van der Waals surface area contributed by atoms with Crippen LogP contribution in [0.5, 0.6) is 5.75 Å². The molecule has 0 saturated heterocycles. The van der Waals surface area contributed by atoms with Crippen LogP contribution in [0.1, 0.15) is 0 Å². The van der Waals surface area contributed by atoms with Gasteiger partial charge in [-0.3, -0.25) is 0 Å². The SMILES string of the molecule is C=C(C(=O)Oc1ccccc1)[Si](C)(C)C. The fraction of sp³-hybridized carbons (Fsp3) is 0.250. The van der Waals surface area contributed by atoms with Crippen LogP contribution in [0.2, 0.25) is 19.6 Å². The second-order valence-electron chi connectivity index (χ2n) is 4.43. The van der Waals surface area contributed by atoms with Gasteiger partial charge in [-0.25, -0.2) is 4.79 Å². The van der Waals surface area contributed by atoms with Crippen LogP contribution in [0.3, 0.4) is 0 Å². The summed E-state index contributed by atoms with van der Waals surface area (Å²) in [6.07, 6.45) is 0. The molecule has 0 aromatic heterocycles. The molecule has 0 aliphatic heterocycles. The van der Waals surface area contributed by atoms with Crippen LogP contribution in [0, 0.1) is 0 Å². The Morgan fingerprint density at radius 3 is 2.20 bits per heavy atom. The van der Waals surface area contributed by atoms with Gasteiger partial charge in [0.25, 0.3) is 0 Å². The van der Waals surface area contributed by atoms with Gasteiger partial charge >= 0.3 is 5.97 Å². The number of para-hydroxylation sites is 1. The number of benzene rings is 1. The molecule has 0 saturated carbocycles. The van der Waals surface area contributed by atoms with Crippen LogP contribution in [-0.2, 0) is 4.79 Å². The fourth-order valence-electron chi connectivity index (χ4n) is 0.963. The number of hydrogen-bond acceptors (Lipinski definition) is 2. The Morgan fingerprint density at radius 2 is 1.73 bits per heavy atom. The van der Waals surface area contributed by atoms with Crippen molar-refractivity contribution in [1.82, 2.24) is 0 Å². The third-order valence-electron chi connectivity index (χ3n) is 2.11. The van der Waals surface area contributed by atoms with Crippen LogP contribution < -0.4 is 4.74 Å². The van der Waals surface area contributed by atoms with Crippen molar-refractivity contribution >= 4 is 14.0 Å². The number of esters is 1. The third kappa shape index (κ3) is 3.36. The molecule has 80 valence electrons. The normalized spacial score (nSPS) is 10.9. The average Bonchev–Trinajstić information content (AvgIpc) is 2.16. The zero-order chi connectivity index (χ0) is 11.5. The summed E-state index contributed by atoms with van der Waals surface area (Å²) in [6.45, 7) is 10.0. The lowest BCUT2D eigenvalue weighted by Crippen LogP contribution is -2.31. The lowest BCUT2D eigenvalue weighted by atomic mass is 10.3. The van der Waals surface area contributed by atoms with Gasteiger partial charge in [-0.1, -0.05) is 44.4 Å². The fourth-order valence-corrected chi connectivity index (χ4v) is 1.63. The van der Waals surface area contributed by atoms with Crippen molar-refractivity contribution < 1.29 is 9.53 Å². The number of ether oxygens (including phenoxy) is 1. The minimum absolute atomic E-state index is 0.305. The summed E-state index contributed by atoms with van der Waals surface area (Å²) in [6, 6.07) is 9.06. The van der Waals surface area contributed by atoms with Crippen molar-refractivity contribution in [2.45, 2.75) is 19.6 Å². The number of carbonyl (C=O) groups excluding carboxylic acids is 1. The third-order valence-corrected chi connectivity index (χ3v) is 4.12. The summed E-state index contributed by atoms with van der Waals surface area (Å²) in [4.78, 5) is 11.7. The molecule has 2 nitrogen and oxygen atoms in total. The maximum absolute atomic E-state index is 11.7. The minimum Gasteiger partial charge on any atom is -0.423 e. The first-order chi connectivity index (χ1) is 6.91. The van der Waals surface area contributed by atoms with Crippen molar-refractivity contribution in [2.75, 3.05) is 0 Å². The summed E-state index contributed by atoms with van der Waals surface area (Å²) in [5, 5.41) is 0.617. The van der Waals surface area contributed by atoms with Gasteiger partial charge in [-0.15, -0.1) is 0 Å². The Labute approximate surface area is 91.6 Å². The van der Waals surface area contributed by atoms with Gasteiger partial charge in [0.15, 0.2) is 0 Å². The molecule has 1 aromatic rings. The number of rotatable bonds is 3. The van der Waals surface area contributed by atoms with E-state index in [9.17, 15) is 4.79 Å². The molecule has 0 aliphatic carbocycles. The van der Waals surface area contributed by atoms with E-state index in [1.54, 1.807) is 12.1 Å². The van der Waals surface area contributed by atoms with E-state index in [0.29, 0.717) is 10.9 Å². The van der Waals surface area contributed by atoms with E-state index >= 15 is 0 Å². The summed E-state index contributed by atoms with van der Waals surface area (Å²) < 4.78 is 5.20. The molecule has 15 heavy (non-hydrogen) atoms. The van der Waals surface area contributed by atoms with Crippen molar-refractivity contribution in [3.63, 3.8) is 0 Å². The predicted molar refractivity (Wildman–Crippen MR) is 64.6 cm³/mol. The van der Waals surface area contributed by atoms with E-state index in [0.717, 1.165) is 0 Å². The highest BCUT2D eigenvalue weighted by molar-refractivity contribution is 6.86. The lowest BCUT2D eigenvalue weighted by Gasteiger charge is -2.17. The van der Waals surface area contributed by atoms with Gasteiger partial charge in [-0.2, -0.15) is 0 Å². The van der Waals surface area contributed by atoms with Gasteiger partial charge in [0.1, 0.15) is 5.75 Å². The zero-order valence-electron chi connectivity index (χ0n) is 9.41. The molecule has 0 spiro atoms. The smallest absolute Gasteiger partial charge is 0.334 e. The number of carbonyl (C=O) groups is 1. The Balaban J connectivity index is 2.69. The van der Waals surface area contributed by atoms with E-state index < -0.39 is 8.07 Å². The first-order valence-electron chi connectivity index (χ1n) is 4.88. The van der Waals surface area contributed by atoms with Gasteiger partial charge in [0.05, 0.1) is 8.07 Å². The van der Waals surface area contributed by atoms with Gasteiger partial charge < -0.3 is 4.74 Å². The van der Waals surface area contributed by atoms with Crippen molar-refractivity contribution in [1.29, 1.82) is 0 Å². The Bertz CT molecular complexity index is 363. The van der Waals surface area contributed by atoms with Crippen LogP contribution in [-0.4, -0.2) is 14.0 Å². The van der Waals surface area contributed by atoms with Crippen LogP contribution in [0.4, 0.5) is 0 Å². The van der Waals surface area contributed by atoms with E-state index in [1.165, 1.54) is 0 Å². The van der Waals surface area contributed by atoms with Gasteiger partial charge in [-0.05, 0) is 12.1 Å².